The normalized spacial score (nSPS) is 22.7. The molecule has 0 radical (unpaired) electrons. The predicted molar refractivity (Wildman–Crippen MR) is 94.0 cm³/mol. The van der Waals surface area contributed by atoms with Crippen molar-refractivity contribution < 1.29 is 0 Å². The van der Waals surface area contributed by atoms with E-state index in [0.29, 0.717) is 24.3 Å². The van der Waals surface area contributed by atoms with Gasteiger partial charge in [0.05, 0.1) is 6.54 Å². The standard InChI is InChI=1S/C16H19BrN6/c17-9-5-6-13-11(7-9)10-3-1-2-4-12(10)23(13)8-14-20-15(18)22-16(19)21-14/h5-7,10,12H,1-4,8H2,(H4,18,19,20,21,22)/t10-,12-/m0/s1. The molecule has 1 saturated carbocycles. The van der Waals surface area contributed by atoms with Crippen molar-refractivity contribution in [1.82, 2.24) is 15.0 Å². The SMILES string of the molecule is Nc1nc(N)nc(CN2c3ccc(Br)cc3[C@@H]3CCCC[C@@H]32)n1. The summed E-state index contributed by atoms with van der Waals surface area (Å²) in [6.45, 7) is 0.618. The Labute approximate surface area is 143 Å². The van der Waals surface area contributed by atoms with Gasteiger partial charge >= 0.3 is 0 Å². The quantitative estimate of drug-likeness (QED) is 0.838. The molecule has 1 aliphatic carbocycles. The van der Waals surface area contributed by atoms with E-state index in [1.165, 1.54) is 36.9 Å². The molecule has 7 heteroatoms. The van der Waals surface area contributed by atoms with Gasteiger partial charge in [0.25, 0.3) is 0 Å². The summed E-state index contributed by atoms with van der Waals surface area (Å²) in [5, 5.41) is 0. The molecular weight excluding hydrogens is 356 g/mol. The Kier molecular flexibility index (Phi) is 3.60. The number of benzene rings is 1. The Morgan fingerprint density at radius 3 is 2.61 bits per heavy atom. The second-order valence-corrected chi connectivity index (χ2v) is 7.17. The van der Waals surface area contributed by atoms with Gasteiger partial charge in [-0.25, -0.2) is 0 Å². The highest BCUT2D eigenvalue weighted by Gasteiger charge is 2.40. The molecule has 0 amide bonds. The van der Waals surface area contributed by atoms with E-state index in [4.69, 9.17) is 11.5 Å². The summed E-state index contributed by atoms with van der Waals surface area (Å²) in [6.07, 6.45) is 5.01. The summed E-state index contributed by atoms with van der Waals surface area (Å²) in [6, 6.07) is 7.05. The molecule has 0 bridgehead atoms. The van der Waals surface area contributed by atoms with Gasteiger partial charge in [0, 0.05) is 22.1 Å². The molecule has 0 spiro atoms. The fourth-order valence-corrected chi connectivity index (χ4v) is 4.37. The van der Waals surface area contributed by atoms with E-state index in [1.54, 1.807) is 0 Å². The molecule has 23 heavy (non-hydrogen) atoms. The van der Waals surface area contributed by atoms with Crippen LogP contribution in [0.25, 0.3) is 0 Å². The van der Waals surface area contributed by atoms with Crippen molar-refractivity contribution in [1.29, 1.82) is 0 Å². The lowest BCUT2D eigenvalue weighted by molar-refractivity contribution is 0.383. The number of aromatic nitrogens is 3. The van der Waals surface area contributed by atoms with Crippen molar-refractivity contribution in [3.63, 3.8) is 0 Å². The highest BCUT2D eigenvalue weighted by atomic mass is 79.9. The van der Waals surface area contributed by atoms with E-state index < -0.39 is 0 Å². The fourth-order valence-electron chi connectivity index (χ4n) is 3.99. The molecule has 1 aliphatic heterocycles. The lowest BCUT2D eigenvalue weighted by Gasteiger charge is -2.33. The van der Waals surface area contributed by atoms with Crippen LogP contribution < -0.4 is 16.4 Å². The van der Waals surface area contributed by atoms with E-state index >= 15 is 0 Å². The number of rotatable bonds is 2. The first-order chi connectivity index (χ1) is 11.1. The van der Waals surface area contributed by atoms with Gasteiger partial charge in [-0.2, -0.15) is 15.0 Å². The van der Waals surface area contributed by atoms with Gasteiger partial charge in [-0.05, 0) is 36.6 Å². The number of fused-ring (bicyclic) bond motifs is 3. The summed E-state index contributed by atoms with van der Waals surface area (Å²) in [7, 11) is 0. The lowest BCUT2D eigenvalue weighted by Crippen LogP contribution is -2.36. The second-order valence-electron chi connectivity index (χ2n) is 6.26. The highest BCUT2D eigenvalue weighted by Crippen LogP contribution is 2.48. The largest absolute Gasteiger partial charge is 0.368 e. The molecule has 1 aromatic carbocycles. The van der Waals surface area contributed by atoms with Crippen LogP contribution in [0.5, 0.6) is 0 Å². The number of hydrogen-bond donors (Lipinski definition) is 2. The number of nitrogen functional groups attached to an aromatic ring is 2. The van der Waals surface area contributed by atoms with Gasteiger partial charge in [0.1, 0.15) is 0 Å². The monoisotopic (exact) mass is 374 g/mol. The first kappa shape index (κ1) is 14.7. The zero-order chi connectivity index (χ0) is 16.0. The Morgan fingerprint density at radius 1 is 1.09 bits per heavy atom. The van der Waals surface area contributed by atoms with E-state index in [9.17, 15) is 0 Å². The molecule has 2 heterocycles. The Bertz CT molecular complexity index is 729. The van der Waals surface area contributed by atoms with Crippen LogP contribution in [0.4, 0.5) is 17.6 Å². The van der Waals surface area contributed by atoms with Crippen LogP contribution in [-0.4, -0.2) is 21.0 Å². The minimum absolute atomic E-state index is 0.183. The van der Waals surface area contributed by atoms with Crippen LogP contribution in [0, 0.1) is 0 Å². The van der Waals surface area contributed by atoms with Gasteiger partial charge in [-0.3, -0.25) is 0 Å². The molecule has 1 fully saturated rings. The third-order valence-electron chi connectivity index (χ3n) is 4.86. The van der Waals surface area contributed by atoms with Gasteiger partial charge in [0.15, 0.2) is 5.82 Å². The molecular formula is C16H19BrN6. The van der Waals surface area contributed by atoms with Crippen molar-refractivity contribution in [2.75, 3.05) is 16.4 Å². The van der Waals surface area contributed by atoms with Crippen LogP contribution in [0.15, 0.2) is 22.7 Å². The highest BCUT2D eigenvalue weighted by molar-refractivity contribution is 9.10. The lowest BCUT2D eigenvalue weighted by atomic mass is 9.82. The number of anilines is 3. The van der Waals surface area contributed by atoms with Crippen LogP contribution in [0.3, 0.4) is 0 Å². The third-order valence-corrected chi connectivity index (χ3v) is 5.35. The molecule has 4 rings (SSSR count). The predicted octanol–water partition coefficient (Wildman–Crippen LogP) is 2.84. The maximum Gasteiger partial charge on any atom is 0.225 e. The topological polar surface area (TPSA) is 93.9 Å². The maximum absolute atomic E-state index is 5.71. The van der Waals surface area contributed by atoms with E-state index in [1.807, 2.05) is 0 Å². The molecule has 2 aromatic rings. The average molecular weight is 375 g/mol. The van der Waals surface area contributed by atoms with E-state index in [0.717, 1.165) is 4.47 Å². The number of nitrogens with zero attached hydrogens (tertiary/aromatic N) is 4. The van der Waals surface area contributed by atoms with Crippen LogP contribution >= 0.6 is 15.9 Å². The van der Waals surface area contributed by atoms with Crippen LogP contribution in [-0.2, 0) is 6.54 Å². The molecule has 2 atom stereocenters. The third kappa shape index (κ3) is 2.63. The van der Waals surface area contributed by atoms with E-state index in [2.05, 4.69) is 54.0 Å². The van der Waals surface area contributed by atoms with Gasteiger partial charge in [0.2, 0.25) is 11.9 Å². The second kappa shape index (κ2) is 5.63. The Hall–Kier alpha value is -1.89. The van der Waals surface area contributed by atoms with Gasteiger partial charge < -0.3 is 16.4 Å². The molecule has 0 unspecified atom stereocenters. The molecule has 1 aromatic heterocycles. The number of halogens is 1. The Morgan fingerprint density at radius 2 is 1.83 bits per heavy atom. The summed E-state index contributed by atoms with van der Waals surface area (Å²) in [4.78, 5) is 14.8. The van der Waals surface area contributed by atoms with Crippen molar-refractivity contribution in [3.05, 3.63) is 34.1 Å². The van der Waals surface area contributed by atoms with Crippen LogP contribution in [0.1, 0.15) is 43.0 Å². The van der Waals surface area contributed by atoms with Crippen molar-refractivity contribution in [3.8, 4) is 0 Å². The van der Waals surface area contributed by atoms with Gasteiger partial charge in [-0.1, -0.05) is 28.8 Å². The van der Waals surface area contributed by atoms with Crippen LogP contribution in [0.2, 0.25) is 0 Å². The fraction of sp³-hybridized carbons (Fsp3) is 0.438. The molecule has 0 saturated heterocycles. The number of hydrogen-bond acceptors (Lipinski definition) is 6. The smallest absolute Gasteiger partial charge is 0.225 e. The first-order valence-corrected chi connectivity index (χ1v) is 8.73. The molecule has 2 aliphatic rings. The summed E-state index contributed by atoms with van der Waals surface area (Å²) < 4.78 is 1.14. The molecule has 6 nitrogen and oxygen atoms in total. The summed E-state index contributed by atoms with van der Waals surface area (Å²) in [5.74, 6) is 1.59. The maximum atomic E-state index is 5.71. The number of nitrogens with two attached hydrogens (primary N) is 2. The Balaban J connectivity index is 1.72. The average Bonchev–Trinajstić information content (AvgIpc) is 2.80. The van der Waals surface area contributed by atoms with Crippen molar-refractivity contribution >= 4 is 33.5 Å². The van der Waals surface area contributed by atoms with Gasteiger partial charge in [-0.15, -0.1) is 0 Å². The minimum Gasteiger partial charge on any atom is -0.368 e. The van der Waals surface area contributed by atoms with E-state index in [-0.39, 0.29) is 11.9 Å². The summed E-state index contributed by atoms with van der Waals surface area (Å²) in [5.41, 5.74) is 14.1. The molecule has 4 N–H and O–H groups in total. The molecule has 120 valence electrons. The first-order valence-electron chi connectivity index (χ1n) is 7.94. The zero-order valence-corrected chi connectivity index (χ0v) is 14.3. The zero-order valence-electron chi connectivity index (χ0n) is 12.7. The van der Waals surface area contributed by atoms with Crippen molar-refractivity contribution in [2.24, 2.45) is 0 Å². The van der Waals surface area contributed by atoms with Crippen molar-refractivity contribution in [2.45, 2.75) is 44.2 Å². The minimum atomic E-state index is 0.183. The summed E-state index contributed by atoms with van der Waals surface area (Å²) >= 11 is 3.60.